The first-order chi connectivity index (χ1) is 7.24. The molecule has 0 saturated carbocycles. The number of carbonyl (C=O) groups excluding carboxylic acids is 2. The lowest BCUT2D eigenvalue weighted by atomic mass is 10.1. The molecule has 80 valence electrons. The maximum Gasteiger partial charge on any atom is 0.240 e. The number of hydrogen-bond acceptors (Lipinski definition) is 3. The predicted octanol–water partition coefficient (Wildman–Crippen LogP) is -0.386. The number of nitrogens with one attached hydrogen (secondary N) is 1. The summed E-state index contributed by atoms with van der Waals surface area (Å²) in [6.45, 7) is 0. The zero-order valence-electron chi connectivity index (χ0n) is 8.22. The first-order valence-corrected chi connectivity index (χ1v) is 4.63. The molecule has 15 heavy (non-hydrogen) atoms. The smallest absolute Gasteiger partial charge is 0.240 e. The number of hydrogen-bond donors (Lipinski definition) is 2. The zero-order valence-corrected chi connectivity index (χ0v) is 8.22. The van der Waals surface area contributed by atoms with E-state index in [9.17, 15) is 9.59 Å². The number of carbonyl (C=O) groups is 2. The van der Waals surface area contributed by atoms with Crippen LogP contribution in [0.5, 0.6) is 0 Å². The molecule has 3 N–H and O–H groups in total. The Bertz CT molecular complexity index is 327. The number of aromatic nitrogens is 1. The summed E-state index contributed by atoms with van der Waals surface area (Å²) in [5.74, 6) is -0.530. The summed E-state index contributed by atoms with van der Waals surface area (Å²) >= 11 is 0. The van der Waals surface area contributed by atoms with Gasteiger partial charge in [0.05, 0.1) is 0 Å². The molecule has 2 amide bonds. The van der Waals surface area contributed by atoms with Crippen molar-refractivity contribution >= 4 is 12.3 Å². The third-order valence-electron chi connectivity index (χ3n) is 2.03. The number of primary amides is 1. The molecule has 0 spiro atoms. The average molecular weight is 207 g/mol. The van der Waals surface area contributed by atoms with Gasteiger partial charge in [-0.3, -0.25) is 14.6 Å². The highest BCUT2D eigenvalue weighted by molar-refractivity contribution is 5.81. The standard InChI is InChI=1S/C10H13N3O2/c11-10(15)9(13-7-14)5-4-8-3-1-2-6-12-8/h1-3,6-7,9H,4-5H2,(H2,11,15)(H,13,14). The van der Waals surface area contributed by atoms with Crippen LogP contribution in [0.25, 0.3) is 0 Å². The van der Waals surface area contributed by atoms with Gasteiger partial charge in [-0.05, 0) is 25.0 Å². The minimum Gasteiger partial charge on any atom is -0.368 e. The quantitative estimate of drug-likeness (QED) is 0.623. The molecule has 5 nitrogen and oxygen atoms in total. The monoisotopic (exact) mass is 207 g/mol. The van der Waals surface area contributed by atoms with E-state index in [-0.39, 0.29) is 0 Å². The van der Waals surface area contributed by atoms with Crippen molar-refractivity contribution in [2.24, 2.45) is 5.73 Å². The maximum absolute atomic E-state index is 10.9. The molecule has 0 aliphatic carbocycles. The zero-order chi connectivity index (χ0) is 11.1. The van der Waals surface area contributed by atoms with Gasteiger partial charge in [-0.2, -0.15) is 0 Å². The molecular formula is C10H13N3O2. The number of aryl methyl sites for hydroxylation is 1. The van der Waals surface area contributed by atoms with Gasteiger partial charge in [-0.15, -0.1) is 0 Å². The van der Waals surface area contributed by atoms with E-state index in [4.69, 9.17) is 5.73 Å². The summed E-state index contributed by atoms with van der Waals surface area (Å²) in [5, 5.41) is 2.37. The van der Waals surface area contributed by atoms with Crippen LogP contribution in [0.4, 0.5) is 0 Å². The maximum atomic E-state index is 10.9. The van der Waals surface area contributed by atoms with Crippen molar-refractivity contribution in [3.63, 3.8) is 0 Å². The van der Waals surface area contributed by atoms with Crippen LogP contribution in [-0.2, 0) is 16.0 Å². The molecule has 1 aromatic rings. The molecule has 0 aliphatic rings. The Morgan fingerprint density at radius 2 is 2.40 bits per heavy atom. The number of amides is 2. The number of nitrogens with zero attached hydrogens (tertiary/aromatic N) is 1. The minimum absolute atomic E-state index is 0.463. The van der Waals surface area contributed by atoms with Crippen molar-refractivity contribution in [1.29, 1.82) is 0 Å². The van der Waals surface area contributed by atoms with Gasteiger partial charge >= 0.3 is 0 Å². The molecule has 0 aliphatic heterocycles. The highest BCUT2D eigenvalue weighted by Gasteiger charge is 2.13. The molecule has 1 unspecified atom stereocenters. The van der Waals surface area contributed by atoms with Gasteiger partial charge in [0.15, 0.2) is 0 Å². The van der Waals surface area contributed by atoms with Crippen LogP contribution in [0.3, 0.4) is 0 Å². The Hall–Kier alpha value is -1.91. The lowest BCUT2D eigenvalue weighted by Crippen LogP contribution is -2.40. The molecule has 0 saturated heterocycles. The summed E-state index contributed by atoms with van der Waals surface area (Å²) in [5.41, 5.74) is 5.98. The Morgan fingerprint density at radius 3 is 2.93 bits per heavy atom. The Kier molecular flexibility index (Phi) is 4.28. The third-order valence-corrected chi connectivity index (χ3v) is 2.03. The Morgan fingerprint density at radius 1 is 1.60 bits per heavy atom. The predicted molar refractivity (Wildman–Crippen MR) is 54.7 cm³/mol. The van der Waals surface area contributed by atoms with Crippen molar-refractivity contribution < 1.29 is 9.59 Å². The second-order valence-corrected chi connectivity index (χ2v) is 3.10. The van der Waals surface area contributed by atoms with E-state index in [1.165, 1.54) is 0 Å². The minimum atomic E-state index is -0.621. The van der Waals surface area contributed by atoms with Crippen molar-refractivity contribution in [3.8, 4) is 0 Å². The fourth-order valence-corrected chi connectivity index (χ4v) is 1.23. The molecule has 0 radical (unpaired) electrons. The normalized spacial score (nSPS) is 11.7. The molecule has 0 bridgehead atoms. The van der Waals surface area contributed by atoms with Gasteiger partial charge in [0, 0.05) is 11.9 Å². The van der Waals surface area contributed by atoms with Crippen molar-refractivity contribution in [3.05, 3.63) is 30.1 Å². The molecule has 1 heterocycles. The average Bonchev–Trinajstić information content (AvgIpc) is 2.25. The fraction of sp³-hybridized carbons (Fsp3) is 0.300. The van der Waals surface area contributed by atoms with Crippen LogP contribution in [-0.4, -0.2) is 23.3 Å². The summed E-state index contributed by atoms with van der Waals surface area (Å²) in [4.78, 5) is 25.2. The molecule has 1 rings (SSSR count). The summed E-state index contributed by atoms with van der Waals surface area (Å²) < 4.78 is 0. The second kappa shape index (κ2) is 5.74. The Balaban J connectivity index is 2.47. The molecule has 0 aromatic carbocycles. The Labute approximate surface area is 87.7 Å². The van der Waals surface area contributed by atoms with Crippen LogP contribution in [0.2, 0.25) is 0 Å². The molecule has 5 heteroatoms. The van der Waals surface area contributed by atoms with Gasteiger partial charge in [0.2, 0.25) is 12.3 Å². The van der Waals surface area contributed by atoms with Crippen LogP contribution in [0.1, 0.15) is 12.1 Å². The van der Waals surface area contributed by atoms with Gasteiger partial charge in [-0.1, -0.05) is 6.07 Å². The summed E-state index contributed by atoms with van der Waals surface area (Å²) in [6, 6.07) is 4.93. The third kappa shape index (κ3) is 3.76. The molecule has 0 fully saturated rings. The first-order valence-electron chi connectivity index (χ1n) is 4.63. The number of rotatable bonds is 6. The molecule has 1 aromatic heterocycles. The van der Waals surface area contributed by atoms with Crippen LogP contribution < -0.4 is 11.1 Å². The van der Waals surface area contributed by atoms with Gasteiger partial charge in [0.25, 0.3) is 0 Å². The SMILES string of the molecule is NC(=O)C(CCc1ccccn1)NC=O. The van der Waals surface area contributed by atoms with E-state index in [1.54, 1.807) is 6.20 Å². The lowest BCUT2D eigenvalue weighted by molar-refractivity contribution is -0.122. The van der Waals surface area contributed by atoms with E-state index in [0.29, 0.717) is 19.3 Å². The highest BCUT2D eigenvalue weighted by Crippen LogP contribution is 2.01. The summed E-state index contributed by atoms with van der Waals surface area (Å²) in [6.07, 6.45) is 3.23. The fourth-order valence-electron chi connectivity index (χ4n) is 1.23. The van der Waals surface area contributed by atoms with E-state index in [0.717, 1.165) is 5.69 Å². The first kappa shape index (κ1) is 11.2. The van der Waals surface area contributed by atoms with Crippen molar-refractivity contribution in [2.45, 2.75) is 18.9 Å². The lowest BCUT2D eigenvalue weighted by Gasteiger charge is -2.11. The largest absolute Gasteiger partial charge is 0.368 e. The highest BCUT2D eigenvalue weighted by atomic mass is 16.2. The van der Waals surface area contributed by atoms with E-state index in [1.807, 2.05) is 18.2 Å². The second-order valence-electron chi connectivity index (χ2n) is 3.10. The van der Waals surface area contributed by atoms with Gasteiger partial charge in [-0.25, -0.2) is 0 Å². The molecule has 1 atom stereocenters. The van der Waals surface area contributed by atoms with Crippen LogP contribution >= 0.6 is 0 Å². The van der Waals surface area contributed by atoms with Crippen LogP contribution in [0.15, 0.2) is 24.4 Å². The number of nitrogens with two attached hydrogens (primary N) is 1. The van der Waals surface area contributed by atoms with Crippen molar-refractivity contribution in [2.75, 3.05) is 0 Å². The van der Waals surface area contributed by atoms with E-state index in [2.05, 4.69) is 10.3 Å². The number of pyridine rings is 1. The summed E-state index contributed by atoms with van der Waals surface area (Å²) in [7, 11) is 0. The topological polar surface area (TPSA) is 85.1 Å². The molecular weight excluding hydrogens is 194 g/mol. The van der Waals surface area contributed by atoms with Gasteiger partial charge < -0.3 is 11.1 Å². The van der Waals surface area contributed by atoms with Crippen molar-refractivity contribution in [1.82, 2.24) is 10.3 Å². The van der Waals surface area contributed by atoms with E-state index >= 15 is 0 Å². The van der Waals surface area contributed by atoms with Crippen LogP contribution in [0, 0.1) is 0 Å². The van der Waals surface area contributed by atoms with E-state index < -0.39 is 11.9 Å². The van der Waals surface area contributed by atoms with Gasteiger partial charge in [0.1, 0.15) is 6.04 Å².